The first-order chi connectivity index (χ1) is 13.9. The SMILES string of the molecule is Cc1cnn(Cc2cccc(Cl)c2)c1NC(=O)CCN1CCN(C)CC1.O=CO. The van der Waals surface area contributed by atoms with Crippen molar-refractivity contribution in [2.75, 3.05) is 45.1 Å². The zero-order valence-corrected chi connectivity index (χ0v) is 17.6. The molecule has 1 aliphatic heterocycles. The van der Waals surface area contributed by atoms with Gasteiger partial charge in [0.15, 0.2) is 0 Å². The van der Waals surface area contributed by atoms with Crippen molar-refractivity contribution in [1.82, 2.24) is 19.6 Å². The van der Waals surface area contributed by atoms with E-state index in [-0.39, 0.29) is 12.4 Å². The summed E-state index contributed by atoms with van der Waals surface area (Å²) in [7, 11) is 2.13. The number of carbonyl (C=O) groups is 2. The molecule has 0 aliphatic carbocycles. The number of nitrogens with zero attached hydrogens (tertiary/aromatic N) is 4. The molecule has 9 heteroatoms. The fourth-order valence-electron chi connectivity index (χ4n) is 3.10. The molecule has 0 saturated carbocycles. The number of halogens is 1. The summed E-state index contributed by atoms with van der Waals surface area (Å²) in [5.41, 5.74) is 2.01. The number of hydrogen-bond acceptors (Lipinski definition) is 5. The van der Waals surface area contributed by atoms with Crippen LogP contribution in [0, 0.1) is 6.92 Å². The van der Waals surface area contributed by atoms with Crippen LogP contribution >= 0.6 is 11.6 Å². The van der Waals surface area contributed by atoms with Gasteiger partial charge in [-0.15, -0.1) is 0 Å². The van der Waals surface area contributed by atoms with Crippen LogP contribution in [-0.2, 0) is 16.1 Å². The first-order valence-corrected chi connectivity index (χ1v) is 9.86. The Hall–Kier alpha value is -2.42. The van der Waals surface area contributed by atoms with E-state index in [1.807, 2.05) is 35.9 Å². The van der Waals surface area contributed by atoms with Gasteiger partial charge in [0.2, 0.25) is 5.91 Å². The minimum Gasteiger partial charge on any atom is -0.483 e. The highest BCUT2D eigenvalue weighted by Crippen LogP contribution is 2.18. The van der Waals surface area contributed by atoms with Crippen LogP contribution in [0.3, 0.4) is 0 Å². The monoisotopic (exact) mass is 421 g/mol. The molecule has 2 aromatic rings. The molecular formula is C20H28ClN5O3. The van der Waals surface area contributed by atoms with Crippen LogP contribution in [0.5, 0.6) is 0 Å². The molecule has 3 rings (SSSR count). The highest BCUT2D eigenvalue weighted by atomic mass is 35.5. The minimum atomic E-state index is -0.250. The van der Waals surface area contributed by atoms with E-state index in [0.29, 0.717) is 18.0 Å². The molecule has 1 amide bonds. The second kappa shape index (κ2) is 11.5. The van der Waals surface area contributed by atoms with Crippen LogP contribution in [0.1, 0.15) is 17.5 Å². The molecular weight excluding hydrogens is 394 g/mol. The zero-order chi connectivity index (χ0) is 21.2. The fourth-order valence-corrected chi connectivity index (χ4v) is 3.31. The molecule has 0 unspecified atom stereocenters. The number of rotatable bonds is 6. The lowest BCUT2D eigenvalue weighted by Crippen LogP contribution is -2.45. The maximum atomic E-state index is 12.4. The molecule has 1 saturated heterocycles. The highest BCUT2D eigenvalue weighted by molar-refractivity contribution is 6.30. The lowest BCUT2D eigenvalue weighted by molar-refractivity contribution is -0.123. The third kappa shape index (κ3) is 7.49. The Kier molecular flexibility index (Phi) is 9.11. The van der Waals surface area contributed by atoms with Gasteiger partial charge in [0.05, 0.1) is 12.7 Å². The Morgan fingerprint density at radius 3 is 2.66 bits per heavy atom. The van der Waals surface area contributed by atoms with Crippen molar-refractivity contribution in [3.8, 4) is 0 Å². The van der Waals surface area contributed by atoms with Crippen molar-refractivity contribution in [2.24, 2.45) is 0 Å². The van der Waals surface area contributed by atoms with Crippen molar-refractivity contribution >= 4 is 29.8 Å². The van der Waals surface area contributed by atoms with Crippen LogP contribution < -0.4 is 5.32 Å². The van der Waals surface area contributed by atoms with Crippen molar-refractivity contribution in [3.63, 3.8) is 0 Å². The second-order valence-corrected chi connectivity index (χ2v) is 7.45. The standard InChI is InChI=1S/C19H26ClN5O.CH2O2/c1-15-13-21-25(14-16-4-3-5-17(20)12-16)19(15)22-18(26)6-7-24-10-8-23(2)9-11-24;2-1-3/h3-5,12-13H,6-11,14H2,1-2H3,(H,22,26);1H,(H,2,3). The number of likely N-dealkylation sites (N-methyl/N-ethyl adjacent to an activating group) is 1. The summed E-state index contributed by atoms with van der Waals surface area (Å²) < 4.78 is 1.81. The molecule has 0 radical (unpaired) electrons. The predicted octanol–water partition coefficient (Wildman–Crippen LogP) is 2.17. The van der Waals surface area contributed by atoms with Crippen molar-refractivity contribution in [3.05, 3.63) is 46.6 Å². The first kappa shape index (κ1) is 22.9. The molecule has 1 aromatic heterocycles. The van der Waals surface area contributed by atoms with E-state index in [9.17, 15) is 4.79 Å². The molecule has 0 bridgehead atoms. The quantitative estimate of drug-likeness (QED) is 0.695. The van der Waals surface area contributed by atoms with Gasteiger partial charge in [-0.3, -0.25) is 9.59 Å². The predicted molar refractivity (Wildman–Crippen MR) is 113 cm³/mol. The number of nitrogens with one attached hydrogen (secondary N) is 1. The van der Waals surface area contributed by atoms with Crippen LogP contribution in [0.25, 0.3) is 0 Å². The normalized spacial score (nSPS) is 14.7. The Labute approximate surface area is 176 Å². The molecule has 1 fully saturated rings. The second-order valence-electron chi connectivity index (χ2n) is 7.01. The van der Waals surface area contributed by atoms with Crippen LogP contribution in [-0.4, -0.2) is 76.8 Å². The molecule has 8 nitrogen and oxygen atoms in total. The minimum absolute atomic E-state index is 0.0277. The third-order valence-electron chi connectivity index (χ3n) is 4.75. The van der Waals surface area contributed by atoms with Crippen LogP contribution in [0.4, 0.5) is 5.82 Å². The summed E-state index contributed by atoms with van der Waals surface area (Å²) >= 11 is 6.06. The molecule has 0 spiro atoms. The summed E-state index contributed by atoms with van der Waals surface area (Å²) in [6.07, 6.45) is 2.27. The number of benzene rings is 1. The van der Waals surface area contributed by atoms with E-state index < -0.39 is 0 Å². The van der Waals surface area contributed by atoms with E-state index >= 15 is 0 Å². The topological polar surface area (TPSA) is 90.7 Å². The summed E-state index contributed by atoms with van der Waals surface area (Å²) in [6, 6.07) is 7.68. The van der Waals surface area contributed by atoms with Crippen molar-refractivity contribution < 1.29 is 14.7 Å². The average molecular weight is 422 g/mol. The van der Waals surface area contributed by atoms with Gasteiger partial charge >= 0.3 is 0 Å². The third-order valence-corrected chi connectivity index (χ3v) is 4.99. The lowest BCUT2D eigenvalue weighted by atomic mass is 10.2. The van der Waals surface area contributed by atoms with E-state index in [1.165, 1.54) is 0 Å². The molecule has 0 atom stereocenters. The summed E-state index contributed by atoms with van der Waals surface area (Å²) in [4.78, 5) is 25.4. The molecule has 29 heavy (non-hydrogen) atoms. The number of hydrogen-bond donors (Lipinski definition) is 2. The number of carboxylic acid groups (broad SMARTS) is 1. The van der Waals surface area contributed by atoms with Gasteiger partial charge in [-0.25, -0.2) is 4.68 Å². The summed E-state index contributed by atoms with van der Waals surface area (Å²) in [6.45, 7) is 7.24. The Morgan fingerprint density at radius 2 is 2.00 bits per heavy atom. The first-order valence-electron chi connectivity index (χ1n) is 9.48. The number of aryl methyl sites for hydroxylation is 1. The largest absolute Gasteiger partial charge is 0.483 e. The zero-order valence-electron chi connectivity index (χ0n) is 16.8. The van der Waals surface area contributed by atoms with E-state index in [1.54, 1.807) is 6.20 Å². The summed E-state index contributed by atoms with van der Waals surface area (Å²) in [5.74, 6) is 0.785. The van der Waals surface area contributed by atoms with Gasteiger partial charge in [-0.2, -0.15) is 5.10 Å². The van der Waals surface area contributed by atoms with Crippen LogP contribution in [0.2, 0.25) is 5.02 Å². The van der Waals surface area contributed by atoms with Crippen molar-refractivity contribution in [2.45, 2.75) is 19.9 Å². The van der Waals surface area contributed by atoms with Crippen molar-refractivity contribution in [1.29, 1.82) is 0 Å². The maximum absolute atomic E-state index is 12.4. The molecule has 158 valence electrons. The van der Waals surface area contributed by atoms with Gasteiger partial charge in [0.25, 0.3) is 6.47 Å². The van der Waals surface area contributed by atoms with Gasteiger partial charge < -0.3 is 20.2 Å². The average Bonchev–Trinajstić information content (AvgIpc) is 3.02. The van der Waals surface area contributed by atoms with E-state index in [2.05, 4.69) is 27.3 Å². The molecule has 1 aliphatic rings. The Morgan fingerprint density at radius 1 is 1.31 bits per heavy atom. The van der Waals surface area contributed by atoms with Gasteiger partial charge in [0, 0.05) is 49.7 Å². The van der Waals surface area contributed by atoms with Crippen LogP contribution in [0.15, 0.2) is 30.5 Å². The smallest absolute Gasteiger partial charge is 0.290 e. The van der Waals surface area contributed by atoms with E-state index in [4.69, 9.17) is 21.5 Å². The lowest BCUT2D eigenvalue weighted by Gasteiger charge is -2.32. The number of piperazine rings is 1. The van der Waals surface area contributed by atoms with Gasteiger partial charge in [-0.05, 0) is 31.7 Å². The highest BCUT2D eigenvalue weighted by Gasteiger charge is 2.16. The van der Waals surface area contributed by atoms with Gasteiger partial charge in [-0.1, -0.05) is 23.7 Å². The number of anilines is 1. The number of amides is 1. The molecule has 2 N–H and O–H groups in total. The van der Waals surface area contributed by atoms with Gasteiger partial charge in [0.1, 0.15) is 5.82 Å². The fraction of sp³-hybridized carbons (Fsp3) is 0.450. The Bertz CT molecular complexity index is 803. The Balaban J connectivity index is 0.000000941. The summed E-state index contributed by atoms with van der Waals surface area (Å²) in [5, 5.41) is 15.0. The maximum Gasteiger partial charge on any atom is 0.290 e. The molecule has 2 heterocycles. The number of aromatic nitrogens is 2. The number of carbonyl (C=O) groups excluding carboxylic acids is 1. The van der Waals surface area contributed by atoms with E-state index in [0.717, 1.165) is 49.7 Å². The molecule has 1 aromatic carbocycles.